The first-order chi connectivity index (χ1) is 11.1. The van der Waals surface area contributed by atoms with Crippen LogP contribution in [0, 0.1) is 5.92 Å². The van der Waals surface area contributed by atoms with Crippen LogP contribution in [0.1, 0.15) is 17.7 Å². The topological polar surface area (TPSA) is 84.7 Å². The van der Waals surface area contributed by atoms with Gasteiger partial charge in [-0.3, -0.25) is 9.59 Å². The Hall–Kier alpha value is -1.44. The number of carbonyl (C=O) groups is 2. The zero-order chi connectivity index (χ0) is 16.7. The molecule has 128 valence electrons. The van der Waals surface area contributed by atoms with Crippen LogP contribution in [0.2, 0.25) is 0 Å². The molecule has 7 heteroatoms. The molecular formula is C16H25N3O3S. The summed E-state index contributed by atoms with van der Waals surface area (Å²) >= 11 is 1.70. The maximum atomic E-state index is 12.2. The van der Waals surface area contributed by atoms with E-state index >= 15 is 0 Å². The molecule has 23 heavy (non-hydrogen) atoms. The van der Waals surface area contributed by atoms with E-state index in [1.807, 2.05) is 11.4 Å². The molecule has 1 fully saturated rings. The second-order valence-corrected chi connectivity index (χ2v) is 6.81. The van der Waals surface area contributed by atoms with E-state index in [1.54, 1.807) is 16.2 Å². The van der Waals surface area contributed by atoms with Gasteiger partial charge in [0.1, 0.15) is 6.04 Å². The molecule has 1 aromatic rings. The fourth-order valence-electron chi connectivity index (χ4n) is 2.76. The summed E-state index contributed by atoms with van der Waals surface area (Å²) in [6.45, 7) is 2.05. The number of carbonyl (C=O) groups excluding carboxylic acids is 2. The summed E-state index contributed by atoms with van der Waals surface area (Å²) in [6, 6.07) is 3.48. The lowest BCUT2D eigenvalue weighted by molar-refractivity contribution is -0.137. The van der Waals surface area contributed by atoms with Crippen LogP contribution in [0.15, 0.2) is 17.5 Å². The van der Waals surface area contributed by atoms with Crippen molar-refractivity contribution in [3.05, 3.63) is 22.4 Å². The van der Waals surface area contributed by atoms with Gasteiger partial charge in [0.25, 0.3) is 0 Å². The van der Waals surface area contributed by atoms with E-state index in [1.165, 1.54) is 12.0 Å². The van der Waals surface area contributed by atoms with E-state index in [2.05, 4.69) is 11.4 Å². The van der Waals surface area contributed by atoms with Gasteiger partial charge < -0.3 is 20.7 Å². The average molecular weight is 339 g/mol. The molecule has 0 spiro atoms. The van der Waals surface area contributed by atoms with Crippen molar-refractivity contribution in [3.63, 3.8) is 0 Å². The summed E-state index contributed by atoms with van der Waals surface area (Å²) in [5, 5.41) is 5.04. The van der Waals surface area contributed by atoms with E-state index in [-0.39, 0.29) is 24.3 Å². The normalized spacial score (nSPS) is 17.0. The molecule has 1 saturated heterocycles. The van der Waals surface area contributed by atoms with Crippen LogP contribution in [0.4, 0.5) is 0 Å². The van der Waals surface area contributed by atoms with Gasteiger partial charge in [-0.1, -0.05) is 6.07 Å². The number of hydrogen-bond acceptors (Lipinski definition) is 5. The fourth-order valence-corrected chi connectivity index (χ4v) is 3.46. The maximum Gasteiger partial charge on any atom is 0.241 e. The number of ether oxygens (including phenoxy) is 1. The largest absolute Gasteiger partial charge is 0.383 e. The van der Waals surface area contributed by atoms with Gasteiger partial charge in [-0.2, -0.15) is 0 Å². The minimum atomic E-state index is -0.615. The standard InChI is InChI=1S/C16H25N3O3S/c1-22-11-14(17)16(21)19-8-5-12(6-9-19)15(20)18-7-4-13-3-2-10-23-13/h2-3,10,12,14H,4-9,11,17H2,1H3,(H,18,20). The van der Waals surface area contributed by atoms with Gasteiger partial charge in [-0.15, -0.1) is 11.3 Å². The van der Waals surface area contributed by atoms with Crippen LogP contribution in [0.3, 0.4) is 0 Å². The number of nitrogens with one attached hydrogen (secondary N) is 1. The van der Waals surface area contributed by atoms with E-state index in [0.29, 0.717) is 32.5 Å². The molecule has 2 amide bonds. The van der Waals surface area contributed by atoms with Crippen molar-refractivity contribution < 1.29 is 14.3 Å². The van der Waals surface area contributed by atoms with Gasteiger partial charge in [0.2, 0.25) is 11.8 Å². The lowest BCUT2D eigenvalue weighted by Gasteiger charge is -2.32. The molecule has 1 aliphatic heterocycles. The molecular weight excluding hydrogens is 314 g/mol. The minimum absolute atomic E-state index is 0.0129. The first-order valence-corrected chi connectivity index (χ1v) is 8.83. The highest BCUT2D eigenvalue weighted by Crippen LogP contribution is 2.18. The lowest BCUT2D eigenvalue weighted by atomic mass is 9.95. The summed E-state index contributed by atoms with van der Waals surface area (Å²) in [7, 11) is 1.53. The second kappa shape index (κ2) is 9.00. The Bertz CT molecular complexity index is 499. The zero-order valence-corrected chi connectivity index (χ0v) is 14.3. The SMILES string of the molecule is COCC(N)C(=O)N1CCC(C(=O)NCCc2cccs2)CC1. The van der Waals surface area contributed by atoms with Crippen LogP contribution in [-0.2, 0) is 20.7 Å². The van der Waals surface area contributed by atoms with Gasteiger partial charge in [-0.05, 0) is 30.7 Å². The number of hydrogen-bond donors (Lipinski definition) is 2. The maximum absolute atomic E-state index is 12.2. The molecule has 1 aliphatic rings. The Kier molecular flexibility index (Phi) is 7.01. The highest BCUT2D eigenvalue weighted by Gasteiger charge is 2.29. The minimum Gasteiger partial charge on any atom is -0.383 e. The van der Waals surface area contributed by atoms with Crippen molar-refractivity contribution in [2.75, 3.05) is 33.4 Å². The van der Waals surface area contributed by atoms with Crippen molar-refractivity contribution in [2.45, 2.75) is 25.3 Å². The van der Waals surface area contributed by atoms with Gasteiger partial charge in [0, 0.05) is 37.5 Å². The van der Waals surface area contributed by atoms with Crippen LogP contribution >= 0.6 is 11.3 Å². The number of methoxy groups -OCH3 is 1. The molecule has 3 N–H and O–H groups in total. The van der Waals surface area contributed by atoms with Crippen LogP contribution < -0.4 is 11.1 Å². The van der Waals surface area contributed by atoms with Gasteiger partial charge >= 0.3 is 0 Å². The fraction of sp³-hybridized carbons (Fsp3) is 0.625. The number of amides is 2. The number of rotatable bonds is 7. The average Bonchev–Trinajstić information content (AvgIpc) is 3.08. The molecule has 2 heterocycles. The van der Waals surface area contributed by atoms with Crippen molar-refractivity contribution in [1.29, 1.82) is 0 Å². The predicted molar refractivity (Wildman–Crippen MR) is 90.2 cm³/mol. The van der Waals surface area contributed by atoms with E-state index in [0.717, 1.165) is 6.42 Å². The molecule has 0 bridgehead atoms. The summed E-state index contributed by atoms with van der Waals surface area (Å²) < 4.78 is 4.91. The van der Waals surface area contributed by atoms with E-state index in [4.69, 9.17) is 10.5 Å². The molecule has 1 unspecified atom stereocenters. The Balaban J connectivity index is 1.69. The molecule has 0 radical (unpaired) electrons. The summed E-state index contributed by atoms with van der Waals surface area (Å²) in [4.78, 5) is 27.3. The first kappa shape index (κ1) is 17.9. The number of piperidine rings is 1. The monoisotopic (exact) mass is 339 g/mol. The van der Waals surface area contributed by atoms with Gasteiger partial charge in [0.05, 0.1) is 6.61 Å². The number of likely N-dealkylation sites (tertiary alicyclic amines) is 1. The first-order valence-electron chi connectivity index (χ1n) is 7.95. The highest BCUT2D eigenvalue weighted by atomic mass is 32.1. The molecule has 0 aromatic carbocycles. The Morgan fingerprint density at radius 3 is 2.83 bits per heavy atom. The van der Waals surface area contributed by atoms with Crippen molar-refractivity contribution >= 4 is 23.2 Å². The highest BCUT2D eigenvalue weighted by molar-refractivity contribution is 7.09. The third-order valence-corrected chi connectivity index (χ3v) is 5.03. The Morgan fingerprint density at radius 1 is 1.48 bits per heavy atom. The van der Waals surface area contributed by atoms with E-state index in [9.17, 15) is 9.59 Å². The van der Waals surface area contributed by atoms with Gasteiger partial charge in [-0.25, -0.2) is 0 Å². The summed E-state index contributed by atoms with van der Waals surface area (Å²) in [5.74, 6) is -0.0146. The van der Waals surface area contributed by atoms with Gasteiger partial charge in [0.15, 0.2) is 0 Å². The smallest absolute Gasteiger partial charge is 0.241 e. The van der Waals surface area contributed by atoms with Crippen LogP contribution in [0.25, 0.3) is 0 Å². The van der Waals surface area contributed by atoms with Crippen LogP contribution in [0.5, 0.6) is 0 Å². The van der Waals surface area contributed by atoms with Crippen molar-refractivity contribution in [2.24, 2.45) is 11.7 Å². The number of thiophene rings is 1. The summed E-state index contributed by atoms with van der Waals surface area (Å²) in [5.41, 5.74) is 5.77. The molecule has 0 saturated carbocycles. The van der Waals surface area contributed by atoms with Crippen molar-refractivity contribution in [3.8, 4) is 0 Å². The lowest BCUT2D eigenvalue weighted by Crippen LogP contribution is -2.50. The molecule has 1 aromatic heterocycles. The Labute approximate surface area is 141 Å². The van der Waals surface area contributed by atoms with Crippen LogP contribution in [-0.4, -0.2) is 56.1 Å². The number of nitrogens with two attached hydrogens (primary N) is 1. The number of nitrogens with zero attached hydrogens (tertiary/aromatic N) is 1. The predicted octanol–water partition coefficient (Wildman–Crippen LogP) is 0.619. The quantitative estimate of drug-likeness (QED) is 0.763. The third kappa shape index (κ3) is 5.30. The summed E-state index contributed by atoms with van der Waals surface area (Å²) in [6.07, 6.45) is 2.25. The molecule has 2 rings (SSSR count). The second-order valence-electron chi connectivity index (χ2n) is 5.78. The molecule has 6 nitrogen and oxygen atoms in total. The zero-order valence-electron chi connectivity index (χ0n) is 13.5. The molecule has 0 aliphatic carbocycles. The Morgan fingerprint density at radius 2 is 2.22 bits per heavy atom. The van der Waals surface area contributed by atoms with E-state index < -0.39 is 6.04 Å². The van der Waals surface area contributed by atoms with Crippen molar-refractivity contribution in [1.82, 2.24) is 10.2 Å². The molecule has 1 atom stereocenters. The third-order valence-electron chi connectivity index (χ3n) is 4.09.